The number of hydrogen-bond donors (Lipinski definition) is 0. The van der Waals surface area contributed by atoms with E-state index in [0.717, 1.165) is 68.8 Å². The van der Waals surface area contributed by atoms with Crippen molar-refractivity contribution in [2.75, 3.05) is 25.4 Å². The third kappa shape index (κ3) is 5.40. The molecule has 0 saturated carbocycles. The molecule has 1 aromatic carbocycles. The molecule has 0 N–H and O–H groups in total. The predicted molar refractivity (Wildman–Crippen MR) is 127 cm³/mol. The van der Waals surface area contributed by atoms with Crippen molar-refractivity contribution < 1.29 is 4.74 Å². The first-order valence-corrected chi connectivity index (χ1v) is 13.2. The Labute approximate surface area is 192 Å². The Kier molecular flexibility index (Phi) is 7.04. The summed E-state index contributed by atoms with van der Waals surface area (Å²) in [4.78, 5) is 2.57. The highest BCUT2D eigenvalue weighted by molar-refractivity contribution is 7.99. The van der Waals surface area contributed by atoms with Crippen LogP contribution in [0.25, 0.3) is 0 Å². The number of thiophene rings is 1. The van der Waals surface area contributed by atoms with E-state index in [1.807, 2.05) is 0 Å². The van der Waals surface area contributed by atoms with E-state index in [4.69, 9.17) is 9.84 Å². The van der Waals surface area contributed by atoms with Crippen molar-refractivity contribution >= 4 is 23.1 Å². The van der Waals surface area contributed by atoms with Crippen LogP contribution in [0.4, 0.5) is 0 Å². The maximum Gasteiger partial charge on any atom is 0.191 e. The second-order valence-corrected chi connectivity index (χ2v) is 10.3. The van der Waals surface area contributed by atoms with Gasteiger partial charge in [-0.2, -0.15) is 11.3 Å². The van der Waals surface area contributed by atoms with Crippen molar-refractivity contribution in [1.82, 2.24) is 19.7 Å². The van der Waals surface area contributed by atoms with Crippen LogP contribution in [0.5, 0.6) is 0 Å². The summed E-state index contributed by atoms with van der Waals surface area (Å²) >= 11 is 3.59. The fourth-order valence-corrected chi connectivity index (χ4v) is 6.23. The van der Waals surface area contributed by atoms with Crippen molar-refractivity contribution in [3.05, 3.63) is 64.1 Å². The minimum absolute atomic E-state index is 0.357. The lowest BCUT2D eigenvalue weighted by atomic mass is 9.95. The molecule has 7 heteroatoms. The van der Waals surface area contributed by atoms with Gasteiger partial charge in [-0.1, -0.05) is 42.1 Å². The first-order chi connectivity index (χ1) is 15.3. The van der Waals surface area contributed by atoms with E-state index in [1.165, 1.54) is 17.5 Å². The second-order valence-electron chi connectivity index (χ2n) is 8.54. The van der Waals surface area contributed by atoms with Crippen LogP contribution in [0.15, 0.2) is 52.3 Å². The fourth-order valence-electron chi connectivity index (χ4n) is 4.56. The lowest BCUT2D eigenvalue weighted by molar-refractivity contribution is 0.129. The van der Waals surface area contributed by atoms with Crippen molar-refractivity contribution in [1.29, 1.82) is 0 Å². The maximum atomic E-state index is 5.83. The molecule has 0 radical (unpaired) electrons. The summed E-state index contributed by atoms with van der Waals surface area (Å²) in [6.45, 7) is 5.05. The second kappa shape index (κ2) is 10.3. The Morgan fingerprint density at radius 1 is 1.00 bits per heavy atom. The highest BCUT2D eigenvalue weighted by atomic mass is 32.2. The third-order valence-corrected chi connectivity index (χ3v) is 8.12. The molecule has 0 amide bonds. The average molecular weight is 455 g/mol. The molecule has 0 unspecified atom stereocenters. The number of rotatable bonds is 8. The van der Waals surface area contributed by atoms with E-state index >= 15 is 0 Å². The zero-order chi connectivity index (χ0) is 20.9. The van der Waals surface area contributed by atoms with Gasteiger partial charge in [0.25, 0.3) is 0 Å². The molecule has 164 valence electrons. The van der Waals surface area contributed by atoms with Gasteiger partial charge in [0.05, 0.1) is 12.6 Å². The smallest absolute Gasteiger partial charge is 0.191 e. The molecule has 2 aromatic heterocycles. The molecule has 3 aromatic rings. The maximum absolute atomic E-state index is 5.83. The van der Waals surface area contributed by atoms with Crippen LogP contribution < -0.4 is 0 Å². The number of thioether (sulfide) groups is 1. The molecule has 2 aliphatic heterocycles. The van der Waals surface area contributed by atoms with Crippen molar-refractivity contribution in [2.45, 2.75) is 56.0 Å². The summed E-state index contributed by atoms with van der Waals surface area (Å²) < 4.78 is 8.20. The lowest BCUT2D eigenvalue weighted by Crippen LogP contribution is -2.33. The van der Waals surface area contributed by atoms with E-state index < -0.39 is 0 Å². The summed E-state index contributed by atoms with van der Waals surface area (Å²) in [7, 11) is 0. The standard InChI is InChI=1S/C24H30N4OS2/c1-2-5-19(6-3-1)16-28-23(25-26-24(28)31-18-22-7-4-13-29-22)21-8-11-27(12-9-21)15-20-10-14-30-17-20/h1-3,5-6,10,14,17,21-22H,4,7-9,11-13,15-16,18H2/t22-/m0/s1. The first kappa shape index (κ1) is 21.2. The quantitative estimate of drug-likeness (QED) is 0.446. The molecule has 0 aliphatic carbocycles. The summed E-state index contributed by atoms with van der Waals surface area (Å²) in [5, 5.41) is 14.8. The minimum Gasteiger partial charge on any atom is -0.377 e. The van der Waals surface area contributed by atoms with Gasteiger partial charge in [-0.25, -0.2) is 0 Å². The van der Waals surface area contributed by atoms with E-state index in [0.29, 0.717) is 12.0 Å². The number of piperidine rings is 1. The topological polar surface area (TPSA) is 43.2 Å². The SMILES string of the molecule is c1ccc(Cn2c(SC[C@@H]3CCCO3)nnc2C2CCN(Cc3ccsc3)CC2)cc1. The molecular weight excluding hydrogens is 424 g/mol. The van der Waals surface area contributed by atoms with Gasteiger partial charge in [0, 0.05) is 24.8 Å². The summed E-state index contributed by atoms with van der Waals surface area (Å²) in [6.07, 6.45) is 4.99. The van der Waals surface area contributed by atoms with E-state index in [9.17, 15) is 0 Å². The monoisotopic (exact) mass is 454 g/mol. The molecule has 4 heterocycles. The number of likely N-dealkylation sites (tertiary alicyclic amines) is 1. The van der Waals surface area contributed by atoms with Gasteiger partial charge in [-0.05, 0) is 66.7 Å². The van der Waals surface area contributed by atoms with Gasteiger partial charge in [0.15, 0.2) is 5.16 Å². The van der Waals surface area contributed by atoms with Crippen LogP contribution in [0.1, 0.15) is 48.6 Å². The Morgan fingerprint density at radius 2 is 1.87 bits per heavy atom. The average Bonchev–Trinajstić information content (AvgIpc) is 3.57. The Hall–Kier alpha value is -1.67. The van der Waals surface area contributed by atoms with Crippen molar-refractivity contribution in [3.8, 4) is 0 Å². The molecule has 0 spiro atoms. The Balaban J connectivity index is 1.29. The predicted octanol–water partition coefficient (Wildman–Crippen LogP) is 5.04. The zero-order valence-electron chi connectivity index (χ0n) is 17.9. The minimum atomic E-state index is 0.357. The van der Waals surface area contributed by atoms with Gasteiger partial charge < -0.3 is 9.30 Å². The van der Waals surface area contributed by atoms with E-state index in [-0.39, 0.29) is 0 Å². The number of aromatic nitrogens is 3. The van der Waals surface area contributed by atoms with Gasteiger partial charge >= 0.3 is 0 Å². The van der Waals surface area contributed by atoms with Crippen molar-refractivity contribution in [2.24, 2.45) is 0 Å². The molecule has 5 nitrogen and oxygen atoms in total. The summed E-state index contributed by atoms with van der Waals surface area (Å²) in [5.41, 5.74) is 2.74. The lowest BCUT2D eigenvalue weighted by Gasteiger charge is -2.31. The molecule has 2 aliphatic rings. The van der Waals surface area contributed by atoms with E-state index in [1.54, 1.807) is 23.1 Å². The summed E-state index contributed by atoms with van der Waals surface area (Å²) in [5.74, 6) is 2.60. The number of nitrogens with zero attached hydrogens (tertiary/aromatic N) is 4. The summed E-state index contributed by atoms with van der Waals surface area (Å²) in [6, 6.07) is 12.9. The molecule has 2 fully saturated rings. The number of hydrogen-bond acceptors (Lipinski definition) is 6. The fraction of sp³-hybridized carbons (Fsp3) is 0.500. The molecule has 31 heavy (non-hydrogen) atoms. The number of benzene rings is 1. The molecular formula is C24H30N4OS2. The number of ether oxygens (including phenoxy) is 1. The molecule has 1 atom stereocenters. The van der Waals surface area contributed by atoms with Crippen LogP contribution >= 0.6 is 23.1 Å². The highest BCUT2D eigenvalue weighted by Gasteiger charge is 2.27. The van der Waals surface area contributed by atoms with Crippen LogP contribution in [-0.4, -0.2) is 51.2 Å². The Morgan fingerprint density at radius 3 is 2.61 bits per heavy atom. The molecule has 5 rings (SSSR count). The third-order valence-electron chi connectivity index (χ3n) is 6.29. The van der Waals surface area contributed by atoms with Gasteiger partial charge in [0.1, 0.15) is 5.82 Å². The van der Waals surface area contributed by atoms with Crippen LogP contribution in [0.2, 0.25) is 0 Å². The largest absolute Gasteiger partial charge is 0.377 e. The Bertz CT molecular complexity index is 930. The normalized spacial score (nSPS) is 20.5. The van der Waals surface area contributed by atoms with Gasteiger partial charge in [0.2, 0.25) is 0 Å². The van der Waals surface area contributed by atoms with Crippen molar-refractivity contribution in [3.63, 3.8) is 0 Å². The first-order valence-electron chi connectivity index (χ1n) is 11.3. The highest BCUT2D eigenvalue weighted by Crippen LogP contribution is 2.31. The van der Waals surface area contributed by atoms with E-state index in [2.05, 4.69) is 61.7 Å². The van der Waals surface area contributed by atoms with Gasteiger partial charge in [-0.15, -0.1) is 10.2 Å². The molecule has 0 bridgehead atoms. The van der Waals surface area contributed by atoms with Crippen LogP contribution in [0.3, 0.4) is 0 Å². The zero-order valence-corrected chi connectivity index (χ0v) is 19.5. The molecule has 2 saturated heterocycles. The van der Waals surface area contributed by atoms with Gasteiger partial charge in [-0.3, -0.25) is 4.90 Å². The van der Waals surface area contributed by atoms with Crippen LogP contribution in [-0.2, 0) is 17.8 Å². The van der Waals surface area contributed by atoms with Crippen LogP contribution in [0, 0.1) is 0 Å².